The molecule has 0 unspecified atom stereocenters. The predicted octanol–water partition coefficient (Wildman–Crippen LogP) is 8.23. The van der Waals surface area contributed by atoms with E-state index in [9.17, 15) is 4.79 Å². The SMILES string of the molecule is CC(C)(C)OC(=O)N1CCCCC1.CCCO.CNc1ncc(Br)c(-c2cn(C)c3ccccc23)n1.Cc1ccccc1. The fraction of sp³-hybridized carbons (Fsp3) is 0.441. The summed E-state index contributed by atoms with van der Waals surface area (Å²) in [6, 6.07) is 18.6. The minimum atomic E-state index is -0.367. The van der Waals surface area contributed by atoms with E-state index in [1.807, 2.05) is 72.1 Å². The normalized spacial score (nSPS) is 12.5. The molecule has 0 radical (unpaired) electrons. The molecule has 234 valence electrons. The lowest BCUT2D eigenvalue weighted by molar-refractivity contribution is 0.0216. The number of carbonyl (C=O) groups excluding carboxylic acids is 1. The van der Waals surface area contributed by atoms with E-state index in [0.29, 0.717) is 12.6 Å². The maximum Gasteiger partial charge on any atom is 0.410 e. The first kappa shape index (κ1) is 35.8. The van der Waals surface area contributed by atoms with Gasteiger partial charge in [0.05, 0.1) is 10.2 Å². The quantitative estimate of drug-likeness (QED) is 0.231. The minimum Gasteiger partial charge on any atom is -0.444 e. The Bertz CT molecular complexity index is 1380. The van der Waals surface area contributed by atoms with Crippen LogP contribution in [0.3, 0.4) is 0 Å². The van der Waals surface area contributed by atoms with Gasteiger partial charge >= 0.3 is 6.09 Å². The minimum absolute atomic E-state index is 0.160. The number of hydrogen-bond donors (Lipinski definition) is 2. The smallest absolute Gasteiger partial charge is 0.410 e. The predicted molar refractivity (Wildman–Crippen MR) is 181 cm³/mol. The highest BCUT2D eigenvalue weighted by Crippen LogP contribution is 2.33. The van der Waals surface area contributed by atoms with Crippen LogP contribution in [0.15, 0.2) is 71.5 Å². The van der Waals surface area contributed by atoms with Gasteiger partial charge in [0.25, 0.3) is 0 Å². The van der Waals surface area contributed by atoms with Crippen LogP contribution in [0.25, 0.3) is 22.2 Å². The number of aromatic nitrogens is 3. The summed E-state index contributed by atoms with van der Waals surface area (Å²) in [5.41, 5.74) is 4.14. The van der Waals surface area contributed by atoms with Crippen molar-refractivity contribution < 1.29 is 14.6 Å². The molecule has 43 heavy (non-hydrogen) atoms. The van der Waals surface area contributed by atoms with Gasteiger partial charge in [0, 0.05) is 62.7 Å². The van der Waals surface area contributed by atoms with Crippen LogP contribution in [0.4, 0.5) is 10.7 Å². The monoisotopic (exact) mass is 653 g/mol. The summed E-state index contributed by atoms with van der Waals surface area (Å²) in [6.07, 6.45) is 8.04. The molecule has 3 heterocycles. The number of nitrogens with zero attached hydrogens (tertiary/aromatic N) is 4. The topological polar surface area (TPSA) is 92.5 Å². The van der Waals surface area contributed by atoms with Crippen LogP contribution in [-0.2, 0) is 11.8 Å². The fourth-order valence-electron chi connectivity index (χ4n) is 4.14. The van der Waals surface area contributed by atoms with Gasteiger partial charge in [-0.1, -0.05) is 61.0 Å². The number of para-hydroxylation sites is 1. The van der Waals surface area contributed by atoms with Crippen molar-refractivity contribution in [1.82, 2.24) is 19.4 Å². The van der Waals surface area contributed by atoms with Gasteiger partial charge in [0.2, 0.25) is 5.95 Å². The third-order valence-electron chi connectivity index (χ3n) is 6.29. The molecule has 1 fully saturated rings. The van der Waals surface area contributed by atoms with Crippen molar-refractivity contribution >= 4 is 38.9 Å². The van der Waals surface area contributed by atoms with Gasteiger partial charge < -0.3 is 24.6 Å². The summed E-state index contributed by atoms with van der Waals surface area (Å²) in [5, 5.41) is 12.0. The zero-order chi connectivity index (χ0) is 31.8. The van der Waals surface area contributed by atoms with Crippen molar-refractivity contribution in [2.24, 2.45) is 7.05 Å². The lowest BCUT2D eigenvalue weighted by Gasteiger charge is -2.29. The molecule has 8 nitrogen and oxygen atoms in total. The van der Waals surface area contributed by atoms with Crippen LogP contribution >= 0.6 is 15.9 Å². The Labute approximate surface area is 265 Å². The van der Waals surface area contributed by atoms with E-state index < -0.39 is 0 Å². The summed E-state index contributed by atoms with van der Waals surface area (Å²) in [5.74, 6) is 0.617. The molecular weight excluding hydrogens is 606 g/mol. The summed E-state index contributed by atoms with van der Waals surface area (Å²) < 4.78 is 8.27. The zero-order valence-corrected chi connectivity index (χ0v) is 28.3. The van der Waals surface area contributed by atoms with Crippen LogP contribution in [0.2, 0.25) is 0 Å². The van der Waals surface area contributed by atoms with Crippen LogP contribution < -0.4 is 5.32 Å². The number of fused-ring (bicyclic) bond motifs is 1. The zero-order valence-electron chi connectivity index (χ0n) is 26.7. The lowest BCUT2D eigenvalue weighted by atomic mass is 10.1. The average Bonchev–Trinajstić information content (AvgIpc) is 3.34. The van der Waals surface area contributed by atoms with Crippen molar-refractivity contribution in [1.29, 1.82) is 0 Å². The largest absolute Gasteiger partial charge is 0.444 e. The Balaban J connectivity index is 0.000000232. The van der Waals surface area contributed by atoms with Crippen molar-refractivity contribution in [2.45, 2.75) is 65.9 Å². The van der Waals surface area contributed by atoms with Gasteiger partial charge in [-0.3, -0.25) is 0 Å². The molecule has 5 rings (SSSR count). The van der Waals surface area contributed by atoms with Gasteiger partial charge in [-0.25, -0.2) is 14.8 Å². The highest BCUT2D eigenvalue weighted by molar-refractivity contribution is 9.10. The molecule has 2 N–H and O–H groups in total. The molecule has 1 aliphatic rings. The number of hydrogen-bond acceptors (Lipinski definition) is 6. The number of rotatable bonds is 3. The number of amides is 1. The molecule has 2 aromatic heterocycles. The summed E-state index contributed by atoms with van der Waals surface area (Å²) >= 11 is 3.53. The first-order chi connectivity index (χ1) is 20.5. The highest BCUT2D eigenvalue weighted by atomic mass is 79.9. The summed E-state index contributed by atoms with van der Waals surface area (Å²) in [4.78, 5) is 22.1. The third-order valence-corrected chi connectivity index (χ3v) is 6.87. The molecule has 1 amide bonds. The summed E-state index contributed by atoms with van der Waals surface area (Å²) in [6.45, 7) is 11.7. The Hall–Kier alpha value is -3.43. The van der Waals surface area contributed by atoms with E-state index in [2.05, 4.69) is 73.2 Å². The number of piperidine rings is 1. The second-order valence-electron chi connectivity index (χ2n) is 11.2. The Morgan fingerprint density at radius 3 is 2.19 bits per heavy atom. The van der Waals surface area contributed by atoms with Gasteiger partial charge in [-0.15, -0.1) is 0 Å². The van der Waals surface area contributed by atoms with E-state index in [1.54, 1.807) is 11.1 Å². The van der Waals surface area contributed by atoms with Gasteiger partial charge in [-0.2, -0.15) is 0 Å². The molecule has 0 spiro atoms. The van der Waals surface area contributed by atoms with E-state index in [-0.39, 0.29) is 11.7 Å². The number of benzene rings is 2. The van der Waals surface area contributed by atoms with Crippen LogP contribution in [0, 0.1) is 6.92 Å². The molecule has 0 bridgehead atoms. The molecule has 0 atom stereocenters. The number of ether oxygens (including phenoxy) is 1. The second-order valence-corrected chi connectivity index (χ2v) is 12.1. The van der Waals surface area contributed by atoms with Crippen LogP contribution in [0.5, 0.6) is 0 Å². The Kier molecular flexibility index (Phi) is 15.2. The van der Waals surface area contributed by atoms with Gasteiger partial charge in [-0.05, 0) is 75.4 Å². The number of aliphatic hydroxyl groups excluding tert-OH is 1. The number of aryl methyl sites for hydroxylation is 2. The summed E-state index contributed by atoms with van der Waals surface area (Å²) in [7, 11) is 3.86. The number of halogens is 1. The number of carbonyl (C=O) groups is 1. The van der Waals surface area contributed by atoms with E-state index in [0.717, 1.165) is 48.1 Å². The second kappa shape index (κ2) is 18.3. The average molecular weight is 655 g/mol. The first-order valence-electron chi connectivity index (χ1n) is 14.9. The highest BCUT2D eigenvalue weighted by Gasteiger charge is 2.23. The molecule has 9 heteroatoms. The van der Waals surface area contributed by atoms with E-state index >= 15 is 0 Å². The molecule has 1 aliphatic heterocycles. The number of likely N-dealkylation sites (tertiary alicyclic amines) is 1. The van der Waals surface area contributed by atoms with Crippen molar-refractivity contribution in [3.05, 3.63) is 77.0 Å². The standard InChI is InChI=1S/C14H13BrN4.C10H19NO2.C7H8.C3H8O/c1-16-14-17-7-11(15)13(18-14)10-8-19(2)12-6-4-3-5-9(10)12;1-10(2,3)13-9(12)11-7-5-4-6-8-11;1-7-5-3-2-4-6-7;1-2-3-4/h3-8H,1-2H3,(H,16,17,18);4-8H2,1-3H3;2-6H,1H3;4H,2-3H2,1H3. The van der Waals surface area contributed by atoms with Crippen LogP contribution in [-0.4, -0.2) is 63.0 Å². The molecule has 2 aromatic carbocycles. The van der Waals surface area contributed by atoms with Crippen molar-refractivity contribution in [2.75, 3.05) is 32.1 Å². The van der Waals surface area contributed by atoms with Gasteiger partial charge in [0.1, 0.15) is 5.60 Å². The van der Waals surface area contributed by atoms with E-state index in [1.165, 1.54) is 22.9 Å². The molecular formula is C34H48BrN5O3. The molecule has 0 aliphatic carbocycles. The number of anilines is 1. The first-order valence-corrected chi connectivity index (χ1v) is 15.6. The number of aliphatic hydroxyl groups is 1. The van der Waals surface area contributed by atoms with Crippen molar-refractivity contribution in [3.63, 3.8) is 0 Å². The van der Waals surface area contributed by atoms with Gasteiger partial charge in [0.15, 0.2) is 0 Å². The molecule has 1 saturated heterocycles. The fourth-order valence-corrected chi connectivity index (χ4v) is 4.55. The Morgan fingerprint density at radius 1 is 1.05 bits per heavy atom. The maximum absolute atomic E-state index is 11.5. The van der Waals surface area contributed by atoms with Crippen molar-refractivity contribution in [3.8, 4) is 11.3 Å². The van der Waals surface area contributed by atoms with Crippen LogP contribution in [0.1, 0.15) is 58.9 Å². The lowest BCUT2D eigenvalue weighted by Crippen LogP contribution is -2.39. The third kappa shape index (κ3) is 12.4. The maximum atomic E-state index is 11.5. The van der Waals surface area contributed by atoms with E-state index in [4.69, 9.17) is 9.84 Å². The molecule has 4 aromatic rings. The number of nitrogens with one attached hydrogen (secondary N) is 1. The Morgan fingerprint density at radius 2 is 1.65 bits per heavy atom. The molecule has 0 saturated carbocycles.